The molecule has 0 saturated carbocycles. The van der Waals surface area contributed by atoms with Crippen LogP contribution in [0.25, 0.3) is 0 Å². The molecular formula is C8H8BrF3N2. The first-order valence-electron chi connectivity index (χ1n) is 3.71. The van der Waals surface area contributed by atoms with Gasteiger partial charge >= 0.3 is 6.18 Å². The summed E-state index contributed by atoms with van der Waals surface area (Å²) < 4.78 is 37.0. The molecule has 1 aromatic rings. The predicted octanol–water partition coefficient (Wildman–Crippen LogP) is 2.89. The number of nitrogen functional groups attached to an aromatic ring is 1. The Kier molecular flexibility index (Phi) is 3.38. The van der Waals surface area contributed by atoms with Gasteiger partial charge < -0.3 is 5.43 Å². The zero-order valence-electron chi connectivity index (χ0n) is 7.03. The van der Waals surface area contributed by atoms with Gasteiger partial charge in [0.1, 0.15) is 0 Å². The molecule has 0 aliphatic carbocycles. The number of hydrogen-bond acceptors (Lipinski definition) is 2. The van der Waals surface area contributed by atoms with Crippen molar-refractivity contribution in [1.82, 2.24) is 0 Å². The van der Waals surface area contributed by atoms with Crippen molar-refractivity contribution in [3.05, 3.63) is 29.3 Å². The summed E-state index contributed by atoms with van der Waals surface area (Å²) in [6, 6.07) is 3.59. The molecule has 0 aromatic heterocycles. The smallest absolute Gasteiger partial charge is 0.324 e. The maximum atomic E-state index is 12.3. The minimum atomic E-state index is -4.34. The highest BCUT2D eigenvalue weighted by molar-refractivity contribution is 9.08. The van der Waals surface area contributed by atoms with E-state index in [9.17, 15) is 13.2 Å². The fourth-order valence-electron chi connectivity index (χ4n) is 1.02. The zero-order valence-corrected chi connectivity index (χ0v) is 8.61. The van der Waals surface area contributed by atoms with E-state index in [1.54, 1.807) is 6.07 Å². The monoisotopic (exact) mass is 268 g/mol. The topological polar surface area (TPSA) is 38.0 Å². The molecule has 0 unspecified atom stereocenters. The molecular weight excluding hydrogens is 261 g/mol. The number of nitrogens with two attached hydrogens (primary N) is 1. The molecule has 0 aliphatic heterocycles. The first-order valence-corrected chi connectivity index (χ1v) is 4.83. The molecule has 0 bridgehead atoms. The highest BCUT2D eigenvalue weighted by atomic mass is 79.9. The van der Waals surface area contributed by atoms with E-state index in [2.05, 4.69) is 21.4 Å². The van der Waals surface area contributed by atoms with Gasteiger partial charge in [0.25, 0.3) is 0 Å². The number of nitrogens with one attached hydrogen (secondary N) is 1. The Balaban J connectivity index is 3.17. The van der Waals surface area contributed by atoms with Crippen molar-refractivity contribution in [2.45, 2.75) is 11.5 Å². The Morgan fingerprint density at radius 3 is 2.36 bits per heavy atom. The van der Waals surface area contributed by atoms with E-state index in [1.165, 1.54) is 0 Å². The maximum absolute atomic E-state index is 12.3. The lowest BCUT2D eigenvalue weighted by atomic mass is 10.1. The Morgan fingerprint density at radius 2 is 1.93 bits per heavy atom. The SMILES string of the molecule is NNc1cc(CBr)cc(C(F)(F)F)c1. The van der Waals surface area contributed by atoms with Gasteiger partial charge in [-0.3, -0.25) is 5.84 Å². The summed E-state index contributed by atoms with van der Waals surface area (Å²) in [7, 11) is 0. The van der Waals surface area contributed by atoms with Gasteiger partial charge in [0, 0.05) is 11.0 Å². The van der Waals surface area contributed by atoms with Crippen LogP contribution in [-0.4, -0.2) is 0 Å². The number of anilines is 1. The molecule has 1 rings (SSSR count). The van der Waals surface area contributed by atoms with Crippen molar-refractivity contribution in [1.29, 1.82) is 0 Å². The van der Waals surface area contributed by atoms with Crippen molar-refractivity contribution in [3.8, 4) is 0 Å². The summed E-state index contributed by atoms with van der Waals surface area (Å²) in [6.07, 6.45) is -4.34. The quantitative estimate of drug-likeness (QED) is 0.492. The van der Waals surface area contributed by atoms with E-state index in [1.807, 2.05) is 0 Å². The Labute approximate surface area is 87.4 Å². The summed E-state index contributed by atoms with van der Waals surface area (Å²) in [4.78, 5) is 0. The zero-order chi connectivity index (χ0) is 10.8. The summed E-state index contributed by atoms with van der Waals surface area (Å²) >= 11 is 3.09. The first kappa shape index (κ1) is 11.3. The van der Waals surface area contributed by atoms with Crippen molar-refractivity contribution in [2.75, 3.05) is 5.43 Å². The van der Waals surface area contributed by atoms with Gasteiger partial charge in [-0.05, 0) is 23.8 Å². The average molecular weight is 269 g/mol. The van der Waals surface area contributed by atoms with Gasteiger partial charge in [0.05, 0.1) is 5.56 Å². The largest absolute Gasteiger partial charge is 0.416 e. The number of halogens is 4. The van der Waals surface area contributed by atoms with Gasteiger partial charge in [-0.15, -0.1) is 0 Å². The molecule has 0 radical (unpaired) electrons. The van der Waals surface area contributed by atoms with Crippen LogP contribution in [-0.2, 0) is 11.5 Å². The number of hydrogen-bond donors (Lipinski definition) is 2. The summed E-state index contributed by atoms with van der Waals surface area (Å²) in [5.41, 5.74) is 2.25. The molecule has 0 fully saturated rings. The summed E-state index contributed by atoms with van der Waals surface area (Å²) in [5.74, 6) is 5.05. The van der Waals surface area contributed by atoms with E-state index in [-0.39, 0.29) is 5.69 Å². The summed E-state index contributed by atoms with van der Waals surface area (Å²) in [5, 5.41) is 0.353. The number of benzene rings is 1. The second-order valence-corrected chi connectivity index (χ2v) is 3.26. The normalized spacial score (nSPS) is 11.5. The molecule has 14 heavy (non-hydrogen) atoms. The molecule has 3 N–H and O–H groups in total. The average Bonchev–Trinajstić information content (AvgIpc) is 2.15. The lowest BCUT2D eigenvalue weighted by Gasteiger charge is -2.10. The van der Waals surface area contributed by atoms with E-state index < -0.39 is 11.7 Å². The second-order valence-electron chi connectivity index (χ2n) is 2.69. The fourth-order valence-corrected chi connectivity index (χ4v) is 1.34. The van der Waals surface area contributed by atoms with Gasteiger partial charge in [-0.2, -0.15) is 13.2 Å². The Hall–Kier alpha value is -0.750. The lowest BCUT2D eigenvalue weighted by molar-refractivity contribution is -0.137. The third kappa shape index (κ3) is 2.62. The predicted molar refractivity (Wildman–Crippen MR) is 51.9 cm³/mol. The van der Waals surface area contributed by atoms with Crippen LogP contribution < -0.4 is 11.3 Å². The standard InChI is InChI=1S/C8H8BrF3N2/c9-4-5-1-6(8(10,11)12)3-7(2-5)14-13/h1-3,14H,4,13H2. The van der Waals surface area contributed by atoms with Gasteiger partial charge in [-0.25, -0.2) is 0 Å². The number of hydrazine groups is 1. The third-order valence-electron chi connectivity index (χ3n) is 1.64. The molecule has 2 nitrogen and oxygen atoms in total. The molecule has 0 spiro atoms. The van der Waals surface area contributed by atoms with Crippen LogP contribution in [0.4, 0.5) is 18.9 Å². The van der Waals surface area contributed by atoms with Crippen LogP contribution >= 0.6 is 15.9 Å². The van der Waals surface area contributed by atoms with E-state index >= 15 is 0 Å². The second kappa shape index (κ2) is 4.18. The van der Waals surface area contributed by atoms with Gasteiger partial charge in [0.15, 0.2) is 0 Å². The van der Waals surface area contributed by atoms with Gasteiger partial charge in [-0.1, -0.05) is 15.9 Å². The first-order chi connectivity index (χ1) is 6.47. The van der Waals surface area contributed by atoms with Crippen LogP contribution in [0.15, 0.2) is 18.2 Å². The molecule has 78 valence electrons. The molecule has 0 amide bonds. The van der Waals surface area contributed by atoms with Crippen LogP contribution in [0, 0.1) is 0 Å². The van der Waals surface area contributed by atoms with E-state index in [4.69, 9.17) is 5.84 Å². The highest BCUT2D eigenvalue weighted by Gasteiger charge is 2.31. The third-order valence-corrected chi connectivity index (χ3v) is 2.29. The minimum Gasteiger partial charge on any atom is -0.324 e. The van der Waals surface area contributed by atoms with E-state index in [0.29, 0.717) is 10.9 Å². The molecule has 0 heterocycles. The molecule has 1 aromatic carbocycles. The van der Waals surface area contributed by atoms with Gasteiger partial charge in [0.2, 0.25) is 0 Å². The van der Waals surface area contributed by atoms with Crippen molar-refractivity contribution < 1.29 is 13.2 Å². The lowest BCUT2D eigenvalue weighted by Crippen LogP contribution is -2.10. The van der Waals surface area contributed by atoms with Crippen molar-refractivity contribution in [3.63, 3.8) is 0 Å². The van der Waals surface area contributed by atoms with Crippen LogP contribution in [0.5, 0.6) is 0 Å². The highest BCUT2D eigenvalue weighted by Crippen LogP contribution is 2.32. The van der Waals surface area contributed by atoms with Crippen LogP contribution in [0.3, 0.4) is 0 Å². The van der Waals surface area contributed by atoms with Crippen LogP contribution in [0.1, 0.15) is 11.1 Å². The van der Waals surface area contributed by atoms with Crippen molar-refractivity contribution >= 4 is 21.6 Å². The molecule has 0 atom stereocenters. The molecule has 0 aliphatic rings. The number of alkyl halides is 4. The van der Waals surface area contributed by atoms with Crippen molar-refractivity contribution in [2.24, 2.45) is 5.84 Å². The molecule has 0 saturated heterocycles. The Morgan fingerprint density at radius 1 is 1.29 bits per heavy atom. The molecule has 6 heteroatoms. The maximum Gasteiger partial charge on any atom is 0.416 e. The van der Waals surface area contributed by atoms with E-state index in [0.717, 1.165) is 12.1 Å². The van der Waals surface area contributed by atoms with Crippen LogP contribution in [0.2, 0.25) is 0 Å². The number of rotatable bonds is 2. The summed E-state index contributed by atoms with van der Waals surface area (Å²) in [6.45, 7) is 0. The minimum absolute atomic E-state index is 0.245. The Bertz CT molecular complexity index is 303. The fraction of sp³-hybridized carbons (Fsp3) is 0.250.